The van der Waals surface area contributed by atoms with E-state index in [1.807, 2.05) is 25.1 Å². The molecule has 184 valence electrons. The standard InChI is InChI=1S/C19H30N2O4.C4H4O4/c1-5-6-18(23)21-9-10-24-17-8-7-15(11-16(17)21)25-13-14(22)12-20-19(2,3)4;5-3(6)1-2-4(7)8/h7-8,11,14,20,22H,5-6,9-10,12-13H2,1-4H3;1-2H,(H,5,6)(H,7,8)/b;2-1+. The third-order valence-electron chi connectivity index (χ3n) is 4.37. The van der Waals surface area contributed by atoms with Gasteiger partial charge in [0.15, 0.2) is 0 Å². The van der Waals surface area contributed by atoms with Crippen LogP contribution >= 0.6 is 0 Å². The van der Waals surface area contributed by atoms with Crippen LogP contribution in [0.15, 0.2) is 30.4 Å². The smallest absolute Gasteiger partial charge is 0.328 e. The van der Waals surface area contributed by atoms with E-state index in [1.165, 1.54) is 0 Å². The van der Waals surface area contributed by atoms with E-state index in [0.29, 0.717) is 49.8 Å². The van der Waals surface area contributed by atoms with Crippen molar-refractivity contribution in [1.82, 2.24) is 0 Å². The minimum Gasteiger partial charge on any atom is -0.545 e. The number of nitrogens with two attached hydrogens (primary N) is 1. The quantitative estimate of drug-likeness (QED) is 0.419. The Labute approximate surface area is 193 Å². The highest BCUT2D eigenvalue weighted by Gasteiger charge is 2.24. The molecule has 1 aromatic rings. The number of anilines is 1. The van der Waals surface area contributed by atoms with Gasteiger partial charge in [0.05, 0.1) is 23.7 Å². The molecule has 1 aromatic carbocycles. The molecule has 0 fully saturated rings. The van der Waals surface area contributed by atoms with Gasteiger partial charge in [0, 0.05) is 18.6 Å². The predicted molar refractivity (Wildman–Crippen MR) is 119 cm³/mol. The van der Waals surface area contributed by atoms with Crippen LogP contribution in [0.1, 0.15) is 40.5 Å². The number of carboxylic acid groups (broad SMARTS) is 2. The van der Waals surface area contributed by atoms with Crippen LogP contribution in [0.3, 0.4) is 0 Å². The van der Waals surface area contributed by atoms with E-state index >= 15 is 0 Å². The number of quaternary nitrogens is 1. The maximum atomic E-state index is 12.3. The van der Waals surface area contributed by atoms with Gasteiger partial charge in [0.25, 0.3) is 0 Å². The molecule has 1 heterocycles. The molecule has 1 aliphatic rings. The van der Waals surface area contributed by atoms with Crippen LogP contribution in [0, 0.1) is 0 Å². The first kappa shape index (κ1) is 27.9. The zero-order chi connectivity index (χ0) is 25.0. The Kier molecular flexibility index (Phi) is 11.4. The van der Waals surface area contributed by atoms with Crippen molar-refractivity contribution in [3.8, 4) is 11.5 Å². The maximum absolute atomic E-state index is 12.3. The molecule has 4 N–H and O–H groups in total. The van der Waals surface area contributed by atoms with Crippen LogP contribution in [0.25, 0.3) is 0 Å². The molecule has 0 aliphatic carbocycles. The number of hydrogen-bond donors (Lipinski definition) is 3. The molecular formula is C23H34N2O8. The van der Waals surface area contributed by atoms with E-state index in [2.05, 4.69) is 26.1 Å². The summed E-state index contributed by atoms with van der Waals surface area (Å²) in [6, 6.07) is 5.46. The predicted octanol–water partition coefficient (Wildman–Crippen LogP) is -0.309. The molecule has 1 amide bonds. The summed E-state index contributed by atoms with van der Waals surface area (Å²) < 4.78 is 11.4. The van der Waals surface area contributed by atoms with E-state index < -0.39 is 18.0 Å². The Bertz CT molecular complexity index is 816. The maximum Gasteiger partial charge on any atom is 0.328 e. The first-order valence-corrected chi connectivity index (χ1v) is 10.8. The molecule has 1 aliphatic heterocycles. The molecule has 0 bridgehead atoms. The lowest BCUT2D eigenvalue weighted by Crippen LogP contribution is -2.96. The highest BCUT2D eigenvalue weighted by molar-refractivity contribution is 5.95. The molecule has 1 atom stereocenters. The molecule has 2 rings (SSSR count). The number of benzene rings is 1. The fourth-order valence-electron chi connectivity index (χ4n) is 2.78. The van der Waals surface area contributed by atoms with Gasteiger partial charge in [-0.3, -0.25) is 4.79 Å². The number of fused-ring (bicyclic) bond motifs is 1. The van der Waals surface area contributed by atoms with Crippen LogP contribution in [-0.4, -0.2) is 66.0 Å². The fourth-order valence-corrected chi connectivity index (χ4v) is 2.78. The van der Waals surface area contributed by atoms with Crippen molar-refractivity contribution in [2.24, 2.45) is 0 Å². The SMILES string of the molecule is CCCC(=O)N1CCOc2ccc(OCC(O)C[NH2+]C(C)(C)C)cc21.O=C([O-])/C=C/C(=O)O. The third-order valence-corrected chi connectivity index (χ3v) is 4.37. The number of amides is 1. The Hall–Kier alpha value is -3.11. The molecule has 0 saturated heterocycles. The first-order valence-electron chi connectivity index (χ1n) is 10.8. The molecule has 1 unspecified atom stereocenters. The van der Waals surface area contributed by atoms with Gasteiger partial charge in [-0.2, -0.15) is 0 Å². The van der Waals surface area contributed by atoms with Gasteiger partial charge in [0.1, 0.15) is 37.4 Å². The molecule has 0 aromatic heterocycles. The number of aliphatic hydroxyl groups is 1. The van der Waals surface area contributed by atoms with Gasteiger partial charge in [-0.1, -0.05) is 6.92 Å². The van der Waals surface area contributed by atoms with Crippen molar-refractivity contribution < 1.29 is 44.5 Å². The number of carboxylic acids is 2. The lowest BCUT2D eigenvalue weighted by atomic mass is 10.1. The number of aliphatic hydroxyl groups excluding tert-OH is 1. The van der Waals surface area contributed by atoms with Crippen LogP contribution in [0.4, 0.5) is 5.69 Å². The van der Waals surface area contributed by atoms with Gasteiger partial charge < -0.3 is 39.8 Å². The van der Waals surface area contributed by atoms with Gasteiger partial charge in [-0.15, -0.1) is 0 Å². The monoisotopic (exact) mass is 466 g/mol. The summed E-state index contributed by atoms with van der Waals surface area (Å²) >= 11 is 0. The lowest BCUT2D eigenvalue weighted by molar-refractivity contribution is -0.722. The van der Waals surface area contributed by atoms with Gasteiger partial charge in [0.2, 0.25) is 5.91 Å². The summed E-state index contributed by atoms with van der Waals surface area (Å²) in [6.45, 7) is 10.2. The Balaban J connectivity index is 0.000000582. The number of carbonyl (C=O) groups is 3. The Morgan fingerprint density at radius 3 is 2.55 bits per heavy atom. The fraction of sp³-hybridized carbons (Fsp3) is 0.522. The van der Waals surface area contributed by atoms with Gasteiger partial charge >= 0.3 is 5.97 Å². The highest BCUT2D eigenvalue weighted by atomic mass is 16.5. The summed E-state index contributed by atoms with van der Waals surface area (Å²) in [5.41, 5.74) is 0.822. The number of carbonyl (C=O) groups excluding carboxylic acids is 2. The van der Waals surface area contributed by atoms with Crippen molar-refractivity contribution in [3.63, 3.8) is 0 Å². The van der Waals surface area contributed by atoms with Gasteiger partial charge in [-0.05, 0) is 45.4 Å². The summed E-state index contributed by atoms with van der Waals surface area (Å²) in [5, 5.41) is 29.4. The van der Waals surface area contributed by atoms with Crippen LogP contribution < -0.4 is 24.8 Å². The highest BCUT2D eigenvalue weighted by Crippen LogP contribution is 2.35. The van der Waals surface area contributed by atoms with E-state index in [-0.39, 0.29) is 18.1 Å². The largest absolute Gasteiger partial charge is 0.545 e. The van der Waals surface area contributed by atoms with E-state index in [4.69, 9.17) is 14.6 Å². The minimum absolute atomic E-state index is 0.0737. The van der Waals surface area contributed by atoms with Crippen molar-refractivity contribution in [2.45, 2.75) is 52.2 Å². The third kappa shape index (κ3) is 11.4. The summed E-state index contributed by atoms with van der Waals surface area (Å²) in [7, 11) is 0. The minimum atomic E-state index is -1.51. The summed E-state index contributed by atoms with van der Waals surface area (Å²) in [4.78, 5) is 33.0. The van der Waals surface area contributed by atoms with E-state index in [1.54, 1.807) is 4.90 Å². The molecule has 10 heteroatoms. The second-order valence-corrected chi connectivity index (χ2v) is 8.53. The lowest BCUT2D eigenvalue weighted by Gasteiger charge is -2.30. The number of aliphatic carboxylic acids is 2. The van der Waals surface area contributed by atoms with Crippen molar-refractivity contribution in [1.29, 1.82) is 0 Å². The molecule has 10 nitrogen and oxygen atoms in total. The zero-order valence-electron chi connectivity index (χ0n) is 19.6. The van der Waals surface area contributed by atoms with Gasteiger partial charge in [-0.25, -0.2) is 4.79 Å². The molecule has 0 saturated carbocycles. The van der Waals surface area contributed by atoms with Crippen molar-refractivity contribution >= 4 is 23.5 Å². The van der Waals surface area contributed by atoms with Crippen molar-refractivity contribution in [3.05, 3.63) is 30.4 Å². The Morgan fingerprint density at radius 2 is 2.00 bits per heavy atom. The molecule has 33 heavy (non-hydrogen) atoms. The second-order valence-electron chi connectivity index (χ2n) is 8.53. The summed E-state index contributed by atoms with van der Waals surface area (Å²) in [6.07, 6.45) is 1.73. The average molecular weight is 467 g/mol. The number of hydrogen-bond acceptors (Lipinski definition) is 7. The van der Waals surface area contributed by atoms with Crippen LogP contribution in [-0.2, 0) is 14.4 Å². The van der Waals surface area contributed by atoms with Crippen molar-refractivity contribution in [2.75, 3.05) is 31.2 Å². The van der Waals surface area contributed by atoms with E-state index in [0.717, 1.165) is 12.1 Å². The summed E-state index contributed by atoms with van der Waals surface area (Å²) in [5.74, 6) is -1.37. The zero-order valence-corrected chi connectivity index (χ0v) is 19.6. The first-order chi connectivity index (χ1) is 15.4. The molecular weight excluding hydrogens is 432 g/mol. The normalized spacial score (nSPS) is 13.9. The topological polar surface area (TPSA) is 153 Å². The molecule has 0 radical (unpaired) electrons. The number of nitrogens with zero attached hydrogens (tertiary/aromatic N) is 1. The Morgan fingerprint density at radius 1 is 1.30 bits per heavy atom. The van der Waals surface area contributed by atoms with Crippen LogP contribution in [0.5, 0.6) is 11.5 Å². The van der Waals surface area contributed by atoms with Crippen LogP contribution in [0.2, 0.25) is 0 Å². The number of rotatable bonds is 9. The van der Waals surface area contributed by atoms with E-state index in [9.17, 15) is 24.6 Å². The number of ether oxygens (including phenoxy) is 2. The second kappa shape index (κ2) is 13.4. The molecule has 0 spiro atoms. The average Bonchev–Trinajstić information content (AvgIpc) is 2.74.